The van der Waals surface area contributed by atoms with Gasteiger partial charge in [0.15, 0.2) is 0 Å². The van der Waals surface area contributed by atoms with Crippen molar-refractivity contribution in [2.24, 2.45) is 0 Å². The van der Waals surface area contributed by atoms with Crippen LogP contribution in [0.3, 0.4) is 0 Å². The van der Waals surface area contributed by atoms with Gasteiger partial charge in [-0.25, -0.2) is 0 Å². The molecule has 0 saturated carbocycles. The van der Waals surface area contributed by atoms with Crippen LogP contribution in [0.25, 0.3) is 0 Å². The van der Waals surface area contributed by atoms with E-state index in [0.29, 0.717) is 24.5 Å². The zero-order chi connectivity index (χ0) is 21.1. The van der Waals surface area contributed by atoms with E-state index in [1.807, 2.05) is 68.4 Å². The van der Waals surface area contributed by atoms with Crippen LogP contribution in [0.1, 0.15) is 47.7 Å². The highest BCUT2D eigenvalue weighted by atomic mass is 32.1. The van der Waals surface area contributed by atoms with Gasteiger partial charge in [0.2, 0.25) is 16.9 Å². The number of amides is 2. The maximum absolute atomic E-state index is 12.5. The summed E-state index contributed by atoms with van der Waals surface area (Å²) in [7, 11) is 0. The van der Waals surface area contributed by atoms with Crippen LogP contribution in [0.15, 0.2) is 54.6 Å². The summed E-state index contributed by atoms with van der Waals surface area (Å²) in [4.78, 5) is 26.7. The van der Waals surface area contributed by atoms with Gasteiger partial charge in [-0.05, 0) is 36.1 Å². The number of hydrogen-bond acceptors (Lipinski definition) is 5. The van der Waals surface area contributed by atoms with E-state index in [4.69, 9.17) is 0 Å². The van der Waals surface area contributed by atoms with Crippen LogP contribution >= 0.6 is 11.3 Å². The fourth-order valence-corrected chi connectivity index (χ4v) is 4.57. The maximum atomic E-state index is 12.5. The van der Waals surface area contributed by atoms with E-state index in [2.05, 4.69) is 15.5 Å². The molecule has 6 nitrogen and oxygen atoms in total. The van der Waals surface area contributed by atoms with Gasteiger partial charge in [0.1, 0.15) is 5.01 Å². The highest BCUT2D eigenvalue weighted by Crippen LogP contribution is 2.34. The molecule has 0 bridgehead atoms. The van der Waals surface area contributed by atoms with Crippen molar-refractivity contribution in [3.05, 3.63) is 70.7 Å². The molecule has 0 aliphatic carbocycles. The predicted molar refractivity (Wildman–Crippen MR) is 119 cm³/mol. The third-order valence-corrected chi connectivity index (χ3v) is 6.34. The van der Waals surface area contributed by atoms with Crippen molar-refractivity contribution >= 4 is 34.0 Å². The quantitative estimate of drug-likeness (QED) is 0.637. The highest BCUT2D eigenvalue weighted by Gasteiger charge is 2.34. The zero-order valence-electron chi connectivity index (χ0n) is 17.0. The van der Waals surface area contributed by atoms with Crippen molar-refractivity contribution in [3.8, 4) is 0 Å². The fourth-order valence-electron chi connectivity index (χ4n) is 3.72. The van der Waals surface area contributed by atoms with E-state index in [-0.39, 0.29) is 23.7 Å². The predicted octanol–water partition coefficient (Wildman–Crippen LogP) is 4.50. The van der Waals surface area contributed by atoms with Gasteiger partial charge >= 0.3 is 0 Å². The smallest absolute Gasteiger partial charge is 0.227 e. The zero-order valence-corrected chi connectivity index (χ0v) is 17.9. The molecule has 1 aliphatic rings. The van der Waals surface area contributed by atoms with E-state index >= 15 is 0 Å². The minimum atomic E-state index is -0.0852. The van der Waals surface area contributed by atoms with Crippen molar-refractivity contribution in [2.45, 2.75) is 38.5 Å². The topological polar surface area (TPSA) is 75.2 Å². The molecule has 3 aromatic rings. The molecule has 2 amide bonds. The summed E-state index contributed by atoms with van der Waals surface area (Å²) >= 11 is 1.35. The molecule has 154 valence electrons. The second-order valence-electron chi connectivity index (χ2n) is 7.75. The molecule has 30 heavy (non-hydrogen) atoms. The first-order chi connectivity index (χ1) is 14.5. The van der Waals surface area contributed by atoms with Crippen molar-refractivity contribution in [1.29, 1.82) is 0 Å². The molecule has 2 aromatic carbocycles. The van der Waals surface area contributed by atoms with Gasteiger partial charge in [0.25, 0.3) is 0 Å². The fraction of sp³-hybridized carbons (Fsp3) is 0.304. The summed E-state index contributed by atoms with van der Waals surface area (Å²) in [6.07, 6.45) is 0.781. The number of aromatic nitrogens is 2. The number of nitrogens with zero attached hydrogens (tertiary/aromatic N) is 3. The lowest BCUT2D eigenvalue weighted by Gasteiger charge is -2.16. The Morgan fingerprint density at radius 1 is 1.20 bits per heavy atom. The summed E-state index contributed by atoms with van der Waals surface area (Å²) in [5, 5.41) is 12.5. The highest BCUT2D eigenvalue weighted by molar-refractivity contribution is 7.15. The van der Waals surface area contributed by atoms with Crippen molar-refractivity contribution in [3.63, 3.8) is 0 Å². The number of rotatable bonds is 6. The lowest BCUT2D eigenvalue weighted by Crippen LogP contribution is -2.24. The van der Waals surface area contributed by atoms with Crippen LogP contribution in [0, 0.1) is 6.92 Å². The van der Waals surface area contributed by atoms with E-state index in [0.717, 1.165) is 21.8 Å². The molecule has 1 fully saturated rings. The number of benzene rings is 2. The van der Waals surface area contributed by atoms with Crippen LogP contribution in [0.5, 0.6) is 0 Å². The third-order valence-electron chi connectivity index (χ3n) is 5.33. The summed E-state index contributed by atoms with van der Waals surface area (Å²) in [6.45, 7) is 4.63. The molecule has 7 heteroatoms. The van der Waals surface area contributed by atoms with Gasteiger partial charge in [-0.15, -0.1) is 10.2 Å². The monoisotopic (exact) mass is 420 g/mol. The first-order valence-electron chi connectivity index (χ1n) is 10.0. The Morgan fingerprint density at radius 3 is 2.77 bits per heavy atom. The normalized spacial score (nSPS) is 17.2. The molecule has 4 rings (SSSR count). The molecule has 1 N–H and O–H groups in total. The van der Waals surface area contributed by atoms with Gasteiger partial charge in [0.05, 0.1) is 0 Å². The Morgan fingerprint density at radius 2 is 2.00 bits per heavy atom. The molecule has 2 unspecified atom stereocenters. The van der Waals surface area contributed by atoms with E-state index in [9.17, 15) is 9.59 Å². The maximum Gasteiger partial charge on any atom is 0.227 e. The van der Waals surface area contributed by atoms with Crippen LogP contribution in [0.2, 0.25) is 0 Å². The molecular weight excluding hydrogens is 396 g/mol. The van der Waals surface area contributed by atoms with E-state index in [1.54, 1.807) is 4.90 Å². The second kappa shape index (κ2) is 8.75. The summed E-state index contributed by atoms with van der Waals surface area (Å²) in [5.41, 5.74) is 3.16. The van der Waals surface area contributed by atoms with Crippen LogP contribution in [0.4, 0.5) is 10.8 Å². The molecule has 0 radical (unpaired) electrons. The van der Waals surface area contributed by atoms with Gasteiger partial charge in [-0.2, -0.15) is 0 Å². The molecule has 2 atom stereocenters. The molecule has 1 aromatic heterocycles. The van der Waals surface area contributed by atoms with Crippen molar-refractivity contribution in [2.75, 3.05) is 16.8 Å². The number of anilines is 2. The lowest BCUT2D eigenvalue weighted by molar-refractivity contribution is -0.117. The minimum Gasteiger partial charge on any atom is -0.312 e. The summed E-state index contributed by atoms with van der Waals surface area (Å²) in [6, 6.07) is 17.9. The largest absolute Gasteiger partial charge is 0.312 e. The lowest BCUT2D eigenvalue weighted by atomic mass is 9.98. The van der Waals surface area contributed by atoms with E-state index in [1.165, 1.54) is 11.3 Å². The van der Waals surface area contributed by atoms with Crippen LogP contribution in [-0.2, 0) is 9.59 Å². The average molecular weight is 421 g/mol. The van der Waals surface area contributed by atoms with Gasteiger partial charge in [-0.1, -0.05) is 60.7 Å². The number of aryl methyl sites for hydroxylation is 1. The standard InChI is InChI=1S/C23H24N4O2S/c1-15-7-6-10-19(11-15)27-14-18(13-21(27)29)22-25-26-23(30-22)24-20(28)12-16(2)17-8-4-3-5-9-17/h3-11,16,18H,12-14H2,1-2H3,(H,24,26,28). The van der Waals surface area contributed by atoms with Crippen LogP contribution < -0.4 is 10.2 Å². The number of hydrogen-bond donors (Lipinski definition) is 1. The molecule has 2 heterocycles. The van der Waals surface area contributed by atoms with Gasteiger partial charge < -0.3 is 10.2 Å². The summed E-state index contributed by atoms with van der Waals surface area (Å²) in [5.74, 6) is 0.111. The van der Waals surface area contributed by atoms with Crippen molar-refractivity contribution in [1.82, 2.24) is 10.2 Å². The third kappa shape index (κ3) is 4.57. The molecule has 0 spiro atoms. The number of carbonyl (C=O) groups is 2. The Labute approximate surface area is 180 Å². The molecule has 1 saturated heterocycles. The first-order valence-corrected chi connectivity index (χ1v) is 10.9. The molecular formula is C23H24N4O2S. The molecule has 1 aliphatic heterocycles. The Balaban J connectivity index is 1.37. The van der Waals surface area contributed by atoms with E-state index < -0.39 is 0 Å². The Kier molecular flexibility index (Phi) is 5.90. The minimum absolute atomic E-state index is 0.00981. The summed E-state index contributed by atoms with van der Waals surface area (Å²) < 4.78 is 0. The van der Waals surface area contributed by atoms with Gasteiger partial charge in [0, 0.05) is 31.0 Å². The number of carbonyl (C=O) groups excluding carboxylic acids is 2. The SMILES string of the molecule is Cc1cccc(N2CC(c3nnc(NC(=O)CC(C)c4ccccc4)s3)CC2=O)c1. The van der Waals surface area contributed by atoms with Gasteiger partial charge in [-0.3, -0.25) is 9.59 Å². The Bertz CT molecular complexity index is 1050. The Hall–Kier alpha value is -3.06. The first kappa shape index (κ1) is 20.2. The average Bonchev–Trinajstić information content (AvgIpc) is 3.35. The number of nitrogens with one attached hydrogen (secondary N) is 1. The second-order valence-corrected chi connectivity index (χ2v) is 8.76. The van der Waals surface area contributed by atoms with Crippen LogP contribution in [-0.4, -0.2) is 28.6 Å². The van der Waals surface area contributed by atoms with Crippen molar-refractivity contribution < 1.29 is 9.59 Å².